The van der Waals surface area contributed by atoms with Gasteiger partial charge in [0.25, 0.3) is 5.91 Å². The van der Waals surface area contributed by atoms with Gasteiger partial charge in [-0.05, 0) is 92.4 Å². The first-order valence-corrected chi connectivity index (χ1v) is 15.9. The van der Waals surface area contributed by atoms with Crippen LogP contribution in [-0.4, -0.2) is 69.5 Å². The van der Waals surface area contributed by atoms with Gasteiger partial charge in [0, 0.05) is 29.2 Å². The molecule has 2 aromatic carbocycles. The lowest BCUT2D eigenvalue weighted by Gasteiger charge is -2.52. The Morgan fingerprint density at radius 3 is 2.25 bits per heavy atom. The summed E-state index contributed by atoms with van der Waals surface area (Å²) in [4.78, 5) is 15.1. The minimum absolute atomic E-state index is 0.180. The minimum Gasteiger partial charge on any atom is -0.493 e. The topological polar surface area (TPSA) is 88.2 Å². The second-order valence-corrected chi connectivity index (χ2v) is 13.8. The molecule has 6 rings (SSSR count). The predicted molar refractivity (Wildman–Crippen MR) is 150 cm³/mol. The van der Waals surface area contributed by atoms with Crippen LogP contribution in [0.2, 0.25) is 10.0 Å². The zero-order valence-corrected chi connectivity index (χ0v) is 24.3. The van der Waals surface area contributed by atoms with E-state index in [9.17, 15) is 13.2 Å². The molecule has 0 bridgehead atoms. The van der Waals surface area contributed by atoms with Gasteiger partial charge >= 0.3 is 10.2 Å². The molecule has 3 aliphatic heterocycles. The van der Waals surface area contributed by atoms with Crippen LogP contribution in [0.3, 0.4) is 0 Å². The summed E-state index contributed by atoms with van der Waals surface area (Å²) in [7, 11) is -3.96. The number of nitrogens with zero attached hydrogens (tertiary/aromatic N) is 2. The number of ether oxygens (including phenoxy) is 2. The predicted octanol–water partition coefficient (Wildman–Crippen LogP) is 4.71. The number of rotatable bonds is 9. The molecule has 12 heteroatoms. The number of likely N-dealkylation sites (tertiary alicyclic amines) is 1. The van der Waals surface area contributed by atoms with Crippen molar-refractivity contribution in [2.75, 3.05) is 46.0 Å². The largest absolute Gasteiger partial charge is 0.493 e. The maximum atomic E-state index is 15.1. The van der Waals surface area contributed by atoms with Gasteiger partial charge in [0.1, 0.15) is 11.6 Å². The third-order valence-corrected chi connectivity index (χ3v) is 10.4. The van der Waals surface area contributed by atoms with Gasteiger partial charge in [0.15, 0.2) is 0 Å². The number of hydrogen-bond acceptors (Lipinski definition) is 6. The molecule has 1 amide bonds. The molecule has 3 saturated heterocycles. The number of hydrogen-bond donors (Lipinski definition) is 1. The fraction of sp³-hybridized carbons (Fsp3) is 0.536. The Morgan fingerprint density at radius 2 is 1.70 bits per heavy atom. The van der Waals surface area contributed by atoms with Crippen LogP contribution in [0.1, 0.15) is 59.5 Å². The molecule has 2 aromatic rings. The Bertz CT molecular complexity index is 1380. The standard InChI is InChI=1S/C28H32Cl2FN3O5S/c29-21-10-20(11-22(30)12-21)28(16-38-17-28)33-8-4-18(5-9-33)15-39-26-14-25(31)24(13-23(26)19-2-3-19)27(35)32-40(36,37)34-6-1-7-34/h10-14,18-19H,1-9,15-17H2,(H,32,35). The third-order valence-electron chi connectivity index (χ3n) is 8.51. The molecular weight excluding hydrogens is 580 g/mol. The van der Waals surface area contributed by atoms with Crippen molar-refractivity contribution >= 4 is 39.3 Å². The van der Waals surface area contributed by atoms with Crippen LogP contribution in [0.15, 0.2) is 30.3 Å². The van der Waals surface area contributed by atoms with E-state index in [1.807, 2.05) is 16.9 Å². The van der Waals surface area contributed by atoms with Crippen molar-refractivity contribution in [2.24, 2.45) is 5.92 Å². The van der Waals surface area contributed by atoms with Crippen LogP contribution in [0.25, 0.3) is 0 Å². The van der Waals surface area contributed by atoms with Crippen molar-refractivity contribution in [2.45, 2.75) is 43.6 Å². The number of amides is 1. The van der Waals surface area contributed by atoms with Gasteiger partial charge in [-0.1, -0.05) is 23.2 Å². The number of halogens is 3. The number of benzene rings is 2. The van der Waals surface area contributed by atoms with Crippen LogP contribution in [-0.2, 0) is 20.5 Å². The van der Waals surface area contributed by atoms with Gasteiger partial charge in [0.05, 0.1) is 30.9 Å². The second kappa shape index (κ2) is 11.0. The van der Waals surface area contributed by atoms with Crippen molar-refractivity contribution in [1.82, 2.24) is 13.9 Å². The molecule has 1 aliphatic carbocycles. The maximum absolute atomic E-state index is 15.1. The van der Waals surface area contributed by atoms with Gasteiger partial charge in [0.2, 0.25) is 0 Å². The molecular formula is C28H32Cl2FN3O5S. The summed E-state index contributed by atoms with van der Waals surface area (Å²) in [6, 6.07) is 8.35. The van der Waals surface area contributed by atoms with Crippen molar-refractivity contribution < 1.29 is 27.1 Å². The highest BCUT2D eigenvalue weighted by Gasteiger charge is 2.47. The maximum Gasteiger partial charge on any atom is 0.304 e. The van der Waals surface area contributed by atoms with Gasteiger partial charge < -0.3 is 9.47 Å². The molecule has 0 radical (unpaired) electrons. The number of carbonyl (C=O) groups is 1. The smallest absolute Gasteiger partial charge is 0.304 e. The van der Waals surface area contributed by atoms with Gasteiger partial charge in [-0.25, -0.2) is 9.11 Å². The number of carbonyl (C=O) groups excluding carboxylic acids is 1. The van der Waals surface area contributed by atoms with Crippen LogP contribution in [0.4, 0.5) is 4.39 Å². The summed E-state index contributed by atoms with van der Waals surface area (Å²) < 4.78 is 54.7. The average Bonchev–Trinajstić information content (AvgIpc) is 3.66. The van der Waals surface area contributed by atoms with E-state index in [4.69, 9.17) is 32.7 Å². The summed E-state index contributed by atoms with van der Waals surface area (Å²) in [6.45, 7) is 4.05. The lowest BCUT2D eigenvalue weighted by molar-refractivity contribution is -0.155. The molecule has 1 saturated carbocycles. The van der Waals surface area contributed by atoms with E-state index >= 15 is 4.39 Å². The lowest BCUT2D eigenvalue weighted by Crippen LogP contribution is -2.61. The summed E-state index contributed by atoms with van der Waals surface area (Å²) >= 11 is 12.6. The van der Waals surface area contributed by atoms with E-state index in [0.29, 0.717) is 48.7 Å². The van der Waals surface area contributed by atoms with Crippen molar-refractivity contribution in [1.29, 1.82) is 0 Å². The zero-order chi connectivity index (χ0) is 28.1. The lowest BCUT2D eigenvalue weighted by atomic mass is 9.83. The Labute approximate surface area is 243 Å². The summed E-state index contributed by atoms with van der Waals surface area (Å²) in [6.07, 6.45) is 4.40. The fourth-order valence-electron chi connectivity index (χ4n) is 5.73. The van der Waals surface area contributed by atoms with Gasteiger partial charge in [-0.15, -0.1) is 0 Å². The number of nitrogens with one attached hydrogen (secondary N) is 1. The minimum atomic E-state index is -3.96. The molecule has 1 N–H and O–H groups in total. The summed E-state index contributed by atoms with van der Waals surface area (Å²) in [5.74, 6) is -0.851. The van der Waals surface area contributed by atoms with Crippen molar-refractivity contribution in [3.63, 3.8) is 0 Å². The van der Waals surface area contributed by atoms with E-state index in [-0.39, 0.29) is 22.9 Å². The highest BCUT2D eigenvalue weighted by molar-refractivity contribution is 7.87. The molecule has 8 nitrogen and oxygen atoms in total. The van der Waals surface area contributed by atoms with Gasteiger partial charge in [-0.3, -0.25) is 9.69 Å². The molecule has 4 aliphatic rings. The molecule has 0 aromatic heterocycles. The van der Waals surface area contributed by atoms with E-state index in [1.54, 1.807) is 6.07 Å². The van der Waals surface area contributed by atoms with Crippen molar-refractivity contribution in [3.8, 4) is 5.75 Å². The van der Waals surface area contributed by atoms with Crippen LogP contribution in [0.5, 0.6) is 5.75 Å². The first kappa shape index (κ1) is 28.2. The van der Waals surface area contributed by atoms with Crippen LogP contribution in [0, 0.1) is 11.7 Å². The highest BCUT2D eigenvalue weighted by Crippen LogP contribution is 2.46. The normalized spacial score (nSPS) is 21.9. The average molecular weight is 613 g/mol. The van der Waals surface area contributed by atoms with Gasteiger partial charge in [-0.2, -0.15) is 12.7 Å². The zero-order valence-electron chi connectivity index (χ0n) is 22.0. The Hall–Kier alpha value is -1.95. The Morgan fingerprint density at radius 1 is 1.02 bits per heavy atom. The molecule has 0 unspecified atom stereocenters. The Kier molecular flexibility index (Phi) is 7.78. The fourth-order valence-corrected chi connectivity index (χ4v) is 7.47. The molecule has 216 valence electrons. The monoisotopic (exact) mass is 611 g/mol. The molecule has 0 atom stereocenters. The van der Waals surface area contributed by atoms with Crippen LogP contribution >= 0.6 is 23.2 Å². The first-order valence-electron chi connectivity index (χ1n) is 13.7. The molecule has 4 fully saturated rings. The van der Waals surface area contributed by atoms with Crippen LogP contribution < -0.4 is 9.46 Å². The highest BCUT2D eigenvalue weighted by atomic mass is 35.5. The SMILES string of the molecule is O=C(NS(=O)(=O)N1CCC1)c1cc(C2CC2)c(OCC2CCN(C3(c4cc(Cl)cc(Cl)c4)COC3)CC2)cc1F. The van der Waals surface area contributed by atoms with E-state index in [0.717, 1.165) is 60.6 Å². The molecule has 0 spiro atoms. The van der Waals surface area contributed by atoms with Crippen molar-refractivity contribution in [3.05, 3.63) is 62.9 Å². The van der Waals surface area contributed by atoms with E-state index in [2.05, 4.69) is 4.90 Å². The second-order valence-electron chi connectivity index (χ2n) is 11.3. The first-order chi connectivity index (χ1) is 19.1. The quantitative estimate of drug-likeness (QED) is 0.442. The summed E-state index contributed by atoms with van der Waals surface area (Å²) in [5, 5.41) is 1.22. The van der Waals surface area contributed by atoms with E-state index < -0.39 is 21.9 Å². The molecule has 40 heavy (non-hydrogen) atoms. The number of piperidine rings is 1. The van der Waals surface area contributed by atoms with E-state index in [1.165, 1.54) is 12.1 Å². The molecule has 3 heterocycles. The summed E-state index contributed by atoms with van der Waals surface area (Å²) in [5.41, 5.74) is 1.31. The Balaban J connectivity index is 1.10. The third kappa shape index (κ3) is 5.58.